The summed E-state index contributed by atoms with van der Waals surface area (Å²) >= 11 is 1.13. The molecule has 1 heterocycles. The molecule has 2 aromatic rings. The van der Waals surface area contributed by atoms with Gasteiger partial charge in [-0.05, 0) is 35.4 Å². The van der Waals surface area contributed by atoms with Gasteiger partial charge in [0.15, 0.2) is 5.60 Å². The average Bonchev–Trinajstić information content (AvgIpc) is 2.98. The number of rotatable bonds is 7. The summed E-state index contributed by atoms with van der Waals surface area (Å²) in [7, 11) is 1.35. The smallest absolute Gasteiger partial charge is 0.346 e. The molecule has 1 aromatic heterocycles. The van der Waals surface area contributed by atoms with Gasteiger partial charge in [-0.2, -0.15) is 0 Å². The Kier molecular flexibility index (Phi) is 4.95. The van der Waals surface area contributed by atoms with Crippen LogP contribution in [0, 0.1) is 0 Å². The molecule has 1 unspecified atom stereocenters. The maximum Gasteiger partial charge on any atom is 0.346 e. The van der Waals surface area contributed by atoms with Crippen LogP contribution in [0.25, 0.3) is 0 Å². The molecule has 0 aliphatic carbocycles. The van der Waals surface area contributed by atoms with Gasteiger partial charge < -0.3 is 14.9 Å². The van der Waals surface area contributed by atoms with E-state index < -0.39 is 17.5 Å². The van der Waals surface area contributed by atoms with Crippen LogP contribution in [0.2, 0.25) is 0 Å². The normalized spacial score (nSPS) is 13.5. The minimum absolute atomic E-state index is 0.153. The first kappa shape index (κ1) is 16.2. The van der Waals surface area contributed by atoms with E-state index in [2.05, 4.69) is 0 Å². The maximum absolute atomic E-state index is 11.8. The summed E-state index contributed by atoms with van der Waals surface area (Å²) in [5, 5.41) is 20.5. The fraction of sp³-hybridized carbons (Fsp3) is 0.250. The topological polar surface area (TPSA) is 83.8 Å². The summed E-state index contributed by atoms with van der Waals surface area (Å²) < 4.78 is 5.34. The van der Waals surface area contributed by atoms with E-state index in [1.54, 1.807) is 41.8 Å². The molecule has 6 heteroatoms. The van der Waals surface area contributed by atoms with Crippen LogP contribution >= 0.6 is 11.3 Å². The third kappa shape index (κ3) is 3.03. The van der Waals surface area contributed by atoms with Crippen molar-refractivity contribution in [2.75, 3.05) is 7.11 Å². The van der Waals surface area contributed by atoms with Crippen LogP contribution in [0.4, 0.5) is 0 Å². The van der Waals surface area contributed by atoms with Crippen LogP contribution in [0.1, 0.15) is 27.2 Å². The van der Waals surface area contributed by atoms with Gasteiger partial charge in [0.1, 0.15) is 4.88 Å². The lowest BCUT2D eigenvalue weighted by Crippen LogP contribution is -2.38. The van der Waals surface area contributed by atoms with Crippen molar-refractivity contribution in [2.24, 2.45) is 0 Å². The molecule has 0 radical (unpaired) electrons. The molecule has 0 fully saturated rings. The minimum Gasteiger partial charge on any atom is -0.479 e. The molecule has 22 heavy (non-hydrogen) atoms. The Labute approximate surface area is 131 Å². The molecule has 0 aliphatic heterocycles. The van der Waals surface area contributed by atoms with E-state index >= 15 is 0 Å². The molecule has 0 saturated heterocycles. The summed E-state index contributed by atoms with van der Waals surface area (Å²) in [6, 6.07) is 10.4. The monoisotopic (exact) mass is 320 g/mol. The number of carboxylic acid groups (broad SMARTS) is 2. The second-order valence-corrected chi connectivity index (χ2v) is 5.70. The van der Waals surface area contributed by atoms with E-state index in [0.29, 0.717) is 17.5 Å². The molecule has 2 rings (SSSR count). The molecule has 5 nitrogen and oxygen atoms in total. The number of aromatic carboxylic acids is 1. The van der Waals surface area contributed by atoms with Crippen molar-refractivity contribution in [3.05, 3.63) is 57.8 Å². The maximum atomic E-state index is 11.8. The van der Waals surface area contributed by atoms with Gasteiger partial charge in [0.05, 0.1) is 0 Å². The SMILES string of the molecule is COC(CCc1ccsc1C(=O)O)(C(=O)O)c1ccccc1. The van der Waals surface area contributed by atoms with E-state index in [-0.39, 0.29) is 11.3 Å². The third-order valence-electron chi connectivity index (χ3n) is 3.62. The first-order valence-electron chi connectivity index (χ1n) is 6.65. The Morgan fingerprint density at radius 2 is 1.86 bits per heavy atom. The molecular formula is C16H16O5S. The predicted octanol–water partition coefficient (Wildman–Crippen LogP) is 3.01. The second kappa shape index (κ2) is 6.72. The summed E-state index contributed by atoms with van der Waals surface area (Å²) in [6.07, 6.45) is 0.458. The van der Waals surface area contributed by atoms with Gasteiger partial charge in [-0.25, -0.2) is 9.59 Å². The van der Waals surface area contributed by atoms with Crippen molar-refractivity contribution < 1.29 is 24.5 Å². The zero-order chi connectivity index (χ0) is 16.2. The molecule has 0 saturated carbocycles. The molecule has 0 bridgehead atoms. The van der Waals surface area contributed by atoms with E-state index in [1.807, 2.05) is 0 Å². The molecule has 116 valence electrons. The zero-order valence-corrected chi connectivity index (χ0v) is 12.8. The van der Waals surface area contributed by atoms with Crippen molar-refractivity contribution in [3.63, 3.8) is 0 Å². The van der Waals surface area contributed by atoms with Gasteiger partial charge in [0.25, 0.3) is 0 Å². The number of carbonyl (C=O) groups is 2. The van der Waals surface area contributed by atoms with Crippen LogP contribution in [0.5, 0.6) is 0 Å². The van der Waals surface area contributed by atoms with Crippen LogP contribution < -0.4 is 0 Å². The molecule has 0 amide bonds. The fourth-order valence-corrected chi connectivity index (χ4v) is 3.21. The zero-order valence-electron chi connectivity index (χ0n) is 12.0. The summed E-state index contributed by atoms with van der Waals surface area (Å²) in [5.74, 6) is -2.09. The number of aryl methyl sites for hydroxylation is 1. The average molecular weight is 320 g/mol. The van der Waals surface area contributed by atoms with Gasteiger partial charge in [-0.15, -0.1) is 11.3 Å². The van der Waals surface area contributed by atoms with Crippen molar-refractivity contribution in [1.29, 1.82) is 0 Å². The lowest BCUT2D eigenvalue weighted by molar-refractivity contribution is -0.164. The van der Waals surface area contributed by atoms with E-state index in [1.165, 1.54) is 7.11 Å². The van der Waals surface area contributed by atoms with E-state index in [4.69, 9.17) is 9.84 Å². The second-order valence-electron chi connectivity index (χ2n) is 4.78. The Bertz CT molecular complexity index is 664. The Balaban J connectivity index is 2.30. The number of hydrogen-bond acceptors (Lipinski definition) is 4. The number of ether oxygens (including phenoxy) is 1. The van der Waals surface area contributed by atoms with Gasteiger partial charge in [0, 0.05) is 7.11 Å². The van der Waals surface area contributed by atoms with Crippen LogP contribution in [0.3, 0.4) is 0 Å². The Hall–Kier alpha value is -2.18. The number of hydrogen-bond donors (Lipinski definition) is 2. The number of methoxy groups -OCH3 is 1. The highest BCUT2D eigenvalue weighted by atomic mass is 32.1. The van der Waals surface area contributed by atoms with Crippen LogP contribution in [0.15, 0.2) is 41.8 Å². The first-order chi connectivity index (χ1) is 10.5. The minimum atomic E-state index is -1.49. The molecule has 0 aliphatic rings. The van der Waals surface area contributed by atoms with E-state index in [9.17, 15) is 14.7 Å². The molecule has 1 atom stereocenters. The molecule has 0 spiro atoms. The van der Waals surface area contributed by atoms with Crippen molar-refractivity contribution in [3.8, 4) is 0 Å². The first-order valence-corrected chi connectivity index (χ1v) is 7.53. The number of thiophene rings is 1. The van der Waals surface area contributed by atoms with Gasteiger partial charge in [0.2, 0.25) is 0 Å². The summed E-state index contributed by atoms with van der Waals surface area (Å²) in [5.41, 5.74) is -0.327. The van der Waals surface area contributed by atoms with Gasteiger partial charge in [-0.1, -0.05) is 30.3 Å². The van der Waals surface area contributed by atoms with Crippen molar-refractivity contribution in [2.45, 2.75) is 18.4 Å². The quantitative estimate of drug-likeness (QED) is 0.819. The van der Waals surface area contributed by atoms with Gasteiger partial charge in [-0.3, -0.25) is 0 Å². The number of carboxylic acids is 2. The van der Waals surface area contributed by atoms with Crippen molar-refractivity contribution >= 4 is 23.3 Å². The molecule has 2 N–H and O–H groups in total. The number of aliphatic carboxylic acids is 1. The van der Waals surface area contributed by atoms with Crippen molar-refractivity contribution in [1.82, 2.24) is 0 Å². The lowest BCUT2D eigenvalue weighted by Gasteiger charge is -2.28. The van der Waals surface area contributed by atoms with Gasteiger partial charge >= 0.3 is 11.9 Å². The van der Waals surface area contributed by atoms with Crippen LogP contribution in [-0.2, 0) is 21.6 Å². The van der Waals surface area contributed by atoms with E-state index in [0.717, 1.165) is 11.3 Å². The highest BCUT2D eigenvalue weighted by Gasteiger charge is 2.40. The number of benzene rings is 1. The predicted molar refractivity (Wildman–Crippen MR) is 82.4 cm³/mol. The van der Waals surface area contributed by atoms with Crippen LogP contribution in [-0.4, -0.2) is 29.3 Å². The largest absolute Gasteiger partial charge is 0.479 e. The summed E-state index contributed by atoms with van der Waals surface area (Å²) in [4.78, 5) is 23.2. The lowest BCUT2D eigenvalue weighted by atomic mass is 9.87. The fourth-order valence-electron chi connectivity index (χ4n) is 2.42. The Morgan fingerprint density at radius 1 is 1.18 bits per heavy atom. The third-order valence-corrected chi connectivity index (χ3v) is 4.57. The molecular weight excluding hydrogens is 304 g/mol. The summed E-state index contributed by atoms with van der Waals surface area (Å²) in [6.45, 7) is 0. The standard InChI is InChI=1S/C16H16O5S/c1-21-16(15(19)20,12-5-3-2-4-6-12)9-7-11-8-10-22-13(11)14(17)18/h2-6,8,10H,7,9H2,1H3,(H,17,18)(H,19,20). The molecule has 1 aromatic carbocycles. The highest BCUT2D eigenvalue weighted by molar-refractivity contribution is 7.12. The highest BCUT2D eigenvalue weighted by Crippen LogP contribution is 2.32. The Morgan fingerprint density at radius 3 is 2.41 bits per heavy atom.